The molecule has 0 radical (unpaired) electrons. The molecule has 1 aliphatic heterocycles. The number of carbonyl (C=O) groups excluding carboxylic acids is 3. The number of hydrogen-bond donors (Lipinski definition) is 1. The van der Waals surface area contributed by atoms with Crippen molar-refractivity contribution in [2.75, 3.05) is 13.7 Å². The summed E-state index contributed by atoms with van der Waals surface area (Å²) >= 11 is 1.48. The van der Waals surface area contributed by atoms with Crippen LogP contribution in [0.3, 0.4) is 0 Å². The molecule has 2 aromatic heterocycles. The molecule has 1 N–H and O–H groups in total. The summed E-state index contributed by atoms with van der Waals surface area (Å²) in [5.74, 6) is -0.334. The number of ether oxygens (including phenoxy) is 1. The van der Waals surface area contributed by atoms with E-state index in [4.69, 9.17) is 4.74 Å². The van der Waals surface area contributed by atoms with Gasteiger partial charge >= 0.3 is 0 Å². The largest absolute Gasteiger partial charge is 0.497 e. The minimum atomic E-state index is -0.390. The van der Waals surface area contributed by atoms with Crippen molar-refractivity contribution in [3.8, 4) is 16.3 Å². The quantitative estimate of drug-likeness (QED) is 0.369. The highest BCUT2D eigenvalue weighted by atomic mass is 32.1. The Morgan fingerprint density at radius 1 is 1.06 bits per heavy atom. The van der Waals surface area contributed by atoms with Gasteiger partial charge in [-0.3, -0.25) is 24.3 Å². The minimum absolute atomic E-state index is 0.244. The first-order chi connectivity index (χ1) is 17.5. The number of benzene rings is 2. The molecule has 0 aliphatic carbocycles. The molecule has 0 bridgehead atoms. The Morgan fingerprint density at radius 3 is 2.61 bits per heavy atom. The summed E-state index contributed by atoms with van der Waals surface area (Å²) in [6.07, 6.45) is 3.97. The number of pyridine rings is 1. The number of carbonyl (C=O) groups is 3. The highest BCUT2D eigenvalue weighted by Crippen LogP contribution is 2.25. The number of hydrogen-bond acceptors (Lipinski definition) is 7. The van der Waals surface area contributed by atoms with E-state index >= 15 is 0 Å². The van der Waals surface area contributed by atoms with Crippen LogP contribution in [0, 0.1) is 0 Å². The van der Waals surface area contributed by atoms with E-state index in [1.165, 1.54) is 22.3 Å². The van der Waals surface area contributed by atoms with Crippen molar-refractivity contribution in [1.82, 2.24) is 20.2 Å². The number of fused-ring (bicyclic) bond motifs is 1. The Labute approximate surface area is 211 Å². The fraction of sp³-hybridized carbons (Fsp3) is 0.148. The fourth-order valence-corrected chi connectivity index (χ4v) is 4.76. The van der Waals surface area contributed by atoms with Crippen LogP contribution in [0.2, 0.25) is 0 Å². The highest BCUT2D eigenvalue weighted by molar-refractivity contribution is 7.13. The zero-order valence-electron chi connectivity index (χ0n) is 19.4. The second kappa shape index (κ2) is 10.1. The number of thiazole rings is 1. The number of imide groups is 1. The Kier molecular flexibility index (Phi) is 6.55. The van der Waals surface area contributed by atoms with Crippen LogP contribution in [0.1, 0.15) is 42.3 Å². The molecular weight excluding hydrogens is 476 g/mol. The lowest BCUT2D eigenvalue weighted by Crippen LogP contribution is -2.31. The second-order valence-electron chi connectivity index (χ2n) is 8.19. The number of rotatable bonds is 8. The van der Waals surface area contributed by atoms with Gasteiger partial charge in [-0.2, -0.15) is 0 Å². The molecule has 180 valence electrons. The van der Waals surface area contributed by atoms with Gasteiger partial charge in [0.2, 0.25) is 0 Å². The molecule has 5 rings (SSSR count). The molecule has 0 fully saturated rings. The van der Waals surface area contributed by atoms with Crippen LogP contribution in [0.15, 0.2) is 72.4 Å². The lowest BCUT2D eigenvalue weighted by atomic mass is 10.1. The molecule has 0 unspecified atom stereocenters. The maximum Gasteiger partial charge on any atom is 0.261 e. The van der Waals surface area contributed by atoms with Crippen molar-refractivity contribution >= 4 is 29.1 Å². The summed E-state index contributed by atoms with van der Waals surface area (Å²) in [5.41, 5.74) is 3.50. The predicted octanol–water partition coefficient (Wildman–Crippen LogP) is 3.98. The molecule has 4 aromatic rings. The zero-order valence-corrected chi connectivity index (χ0v) is 20.2. The second-order valence-corrected chi connectivity index (χ2v) is 9.05. The monoisotopic (exact) mass is 498 g/mol. The van der Waals surface area contributed by atoms with Gasteiger partial charge < -0.3 is 10.1 Å². The SMILES string of the molecule is COc1ccc(CCN2C(=O)c3ccc(C(=O)NCc4csc(-c5cccnc5)n4)cc3C2=O)cc1. The van der Waals surface area contributed by atoms with E-state index in [0.29, 0.717) is 17.5 Å². The molecule has 0 saturated heterocycles. The van der Waals surface area contributed by atoms with Crippen LogP contribution in [0.5, 0.6) is 5.75 Å². The molecule has 0 saturated carbocycles. The van der Waals surface area contributed by atoms with Gasteiger partial charge in [0.1, 0.15) is 10.8 Å². The van der Waals surface area contributed by atoms with E-state index in [2.05, 4.69) is 15.3 Å². The number of nitrogens with zero attached hydrogens (tertiary/aromatic N) is 3. The van der Waals surface area contributed by atoms with Gasteiger partial charge in [-0.05, 0) is 54.4 Å². The van der Waals surface area contributed by atoms with E-state index in [1.54, 1.807) is 31.6 Å². The Bertz CT molecular complexity index is 1430. The van der Waals surface area contributed by atoms with Gasteiger partial charge in [0.25, 0.3) is 17.7 Å². The lowest BCUT2D eigenvalue weighted by molar-refractivity contribution is 0.0656. The smallest absolute Gasteiger partial charge is 0.261 e. The van der Waals surface area contributed by atoms with Crippen LogP contribution in [-0.4, -0.2) is 46.2 Å². The van der Waals surface area contributed by atoms with Crippen LogP contribution in [0.4, 0.5) is 0 Å². The average molecular weight is 499 g/mol. The van der Waals surface area contributed by atoms with Crippen LogP contribution in [-0.2, 0) is 13.0 Å². The van der Waals surface area contributed by atoms with E-state index in [9.17, 15) is 14.4 Å². The molecule has 3 heterocycles. The third-order valence-electron chi connectivity index (χ3n) is 5.91. The summed E-state index contributed by atoms with van der Waals surface area (Å²) in [6, 6.07) is 15.9. The minimum Gasteiger partial charge on any atom is -0.497 e. The van der Waals surface area contributed by atoms with Crippen molar-refractivity contribution in [2.24, 2.45) is 0 Å². The van der Waals surface area contributed by atoms with Gasteiger partial charge in [-0.15, -0.1) is 11.3 Å². The van der Waals surface area contributed by atoms with Gasteiger partial charge in [0.05, 0.1) is 30.5 Å². The molecule has 0 atom stereocenters. The Morgan fingerprint density at radius 2 is 1.86 bits per heavy atom. The zero-order chi connectivity index (χ0) is 25.1. The van der Waals surface area contributed by atoms with E-state index in [1.807, 2.05) is 41.8 Å². The topological polar surface area (TPSA) is 101 Å². The maximum atomic E-state index is 13.0. The van der Waals surface area contributed by atoms with Gasteiger partial charge in [-0.25, -0.2) is 4.98 Å². The summed E-state index contributed by atoms with van der Waals surface area (Å²) in [4.78, 5) is 48.4. The summed E-state index contributed by atoms with van der Waals surface area (Å²) in [6.45, 7) is 0.497. The number of methoxy groups -OCH3 is 1. The fourth-order valence-electron chi connectivity index (χ4n) is 3.95. The van der Waals surface area contributed by atoms with E-state index in [-0.39, 0.29) is 30.5 Å². The normalized spacial score (nSPS) is 12.5. The molecule has 1 aliphatic rings. The number of nitrogens with one attached hydrogen (secondary N) is 1. The number of aromatic nitrogens is 2. The third-order valence-corrected chi connectivity index (χ3v) is 6.85. The first kappa shape index (κ1) is 23.4. The lowest BCUT2D eigenvalue weighted by Gasteiger charge is -2.13. The van der Waals surface area contributed by atoms with Crippen LogP contribution < -0.4 is 10.1 Å². The predicted molar refractivity (Wildman–Crippen MR) is 135 cm³/mol. The Balaban J connectivity index is 1.22. The number of amides is 3. The summed E-state index contributed by atoms with van der Waals surface area (Å²) in [5, 5.41) is 5.54. The van der Waals surface area contributed by atoms with Crippen molar-refractivity contribution in [2.45, 2.75) is 13.0 Å². The molecule has 0 spiro atoms. The maximum absolute atomic E-state index is 13.0. The first-order valence-electron chi connectivity index (χ1n) is 11.3. The Hall–Kier alpha value is -4.37. The van der Waals surface area contributed by atoms with Crippen molar-refractivity contribution in [3.63, 3.8) is 0 Å². The molecule has 9 heteroatoms. The molecular formula is C27H22N4O4S. The summed E-state index contributed by atoms with van der Waals surface area (Å²) < 4.78 is 5.16. The third kappa shape index (κ3) is 4.73. The van der Waals surface area contributed by atoms with Crippen molar-refractivity contribution in [3.05, 3.63) is 100 Å². The molecule has 8 nitrogen and oxygen atoms in total. The van der Waals surface area contributed by atoms with E-state index < -0.39 is 5.91 Å². The van der Waals surface area contributed by atoms with E-state index in [0.717, 1.165) is 27.6 Å². The molecule has 3 amide bonds. The first-order valence-corrected chi connectivity index (χ1v) is 12.2. The standard InChI is InChI=1S/C27H22N4O4S/c1-35-21-7-4-17(5-8-21)10-12-31-26(33)22-9-6-18(13-23(22)27(31)34)24(32)29-15-20-16-36-25(30-20)19-3-2-11-28-14-19/h2-9,11,13-14,16H,10,12,15H2,1H3,(H,29,32). The molecule has 2 aromatic carbocycles. The van der Waals surface area contributed by atoms with Gasteiger partial charge in [-0.1, -0.05) is 12.1 Å². The molecule has 36 heavy (non-hydrogen) atoms. The highest BCUT2D eigenvalue weighted by Gasteiger charge is 2.35. The van der Waals surface area contributed by atoms with Gasteiger partial charge in [0, 0.05) is 35.4 Å². The summed E-state index contributed by atoms with van der Waals surface area (Å²) in [7, 11) is 1.60. The van der Waals surface area contributed by atoms with Crippen molar-refractivity contribution < 1.29 is 19.1 Å². The van der Waals surface area contributed by atoms with Gasteiger partial charge in [0.15, 0.2) is 0 Å². The van der Waals surface area contributed by atoms with Crippen LogP contribution in [0.25, 0.3) is 10.6 Å². The average Bonchev–Trinajstić information content (AvgIpc) is 3.49. The van der Waals surface area contributed by atoms with Crippen LogP contribution >= 0.6 is 11.3 Å². The van der Waals surface area contributed by atoms with Crippen molar-refractivity contribution in [1.29, 1.82) is 0 Å².